The molecule has 0 amide bonds. The molecule has 0 spiro atoms. The molecule has 0 aliphatic heterocycles. The number of methoxy groups -OCH3 is 1. The second-order valence-corrected chi connectivity index (χ2v) is 3.22. The van der Waals surface area contributed by atoms with Crippen LogP contribution in [0.4, 0.5) is 17.5 Å². The fourth-order valence-electron chi connectivity index (χ4n) is 1.18. The molecule has 0 aliphatic rings. The molecule has 1 rings (SSSR count). The Hall–Kier alpha value is -2.00. The van der Waals surface area contributed by atoms with Gasteiger partial charge in [-0.15, -0.1) is 0 Å². The van der Waals surface area contributed by atoms with E-state index in [-0.39, 0.29) is 17.5 Å². The Bertz CT molecular complexity index is 399. The van der Waals surface area contributed by atoms with E-state index in [2.05, 4.69) is 15.4 Å². The summed E-state index contributed by atoms with van der Waals surface area (Å²) in [4.78, 5) is 19.5. The zero-order valence-corrected chi connectivity index (χ0v) is 9.58. The minimum atomic E-state index is -0.543. The Labute approximate surface area is 97.7 Å². The largest absolute Gasteiger partial charge is 0.383 e. The summed E-state index contributed by atoms with van der Waals surface area (Å²) in [6.07, 6.45) is 1.11. The van der Waals surface area contributed by atoms with Gasteiger partial charge in [-0.1, -0.05) is 0 Å². The van der Waals surface area contributed by atoms with E-state index >= 15 is 0 Å². The quantitative estimate of drug-likeness (QED) is 0.398. The van der Waals surface area contributed by atoms with Crippen LogP contribution >= 0.6 is 0 Å². The highest BCUT2D eigenvalue weighted by atomic mass is 16.6. The van der Waals surface area contributed by atoms with Crippen molar-refractivity contribution in [3.05, 3.63) is 16.3 Å². The van der Waals surface area contributed by atoms with E-state index in [1.807, 2.05) is 0 Å². The molecule has 0 radical (unpaired) electrons. The average Bonchev–Trinajstić information content (AvgIpc) is 2.34. The zero-order valence-electron chi connectivity index (χ0n) is 9.58. The number of likely N-dealkylation sites (N-methyl/N-ethyl adjacent to an activating group) is 1. The van der Waals surface area contributed by atoms with Crippen molar-refractivity contribution < 1.29 is 9.66 Å². The third kappa shape index (κ3) is 3.23. The van der Waals surface area contributed by atoms with E-state index in [0.717, 1.165) is 6.20 Å². The number of hydrazine groups is 1. The summed E-state index contributed by atoms with van der Waals surface area (Å²) in [7, 11) is 3.23. The lowest BCUT2D eigenvalue weighted by atomic mass is 10.4. The number of nitrogens with one attached hydrogen (secondary N) is 1. The Morgan fingerprint density at radius 3 is 2.94 bits per heavy atom. The maximum atomic E-state index is 10.8. The molecule has 9 heteroatoms. The molecule has 94 valence electrons. The van der Waals surface area contributed by atoms with Gasteiger partial charge < -0.3 is 9.64 Å². The number of nitrogen functional groups attached to an aromatic ring is 1. The van der Waals surface area contributed by atoms with E-state index in [4.69, 9.17) is 10.6 Å². The number of nitrogens with two attached hydrogens (primary N) is 1. The Morgan fingerprint density at radius 1 is 1.71 bits per heavy atom. The number of aromatic nitrogens is 2. The van der Waals surface area contributed by atoms with E-state index < -0.39 is 4.92 Å². The maximum absolute atomic E-state index is 10.8. The van der Waals surface area contributed by atoms with Gasteiger partial charge >= 0.3 is 5.69 Å². The van der Waals surface area contributed by atoms with Crippen molar-refractivity contribution in [2.75, 3.05) is 37.6 Å². The summed E-state index contributed by atoms with van der Waals surface area (Å²) >= 11 is 0. The maximum Gasteiger partial charge on any atom is 0.329 e. The lowest BCUT2D eigenvalue weighted by Crippen LogP contribution is -2.25. The summed E-state index contributed by atoms with van der Waals surface area (Å²) in [5.74, 6) is 5.47. The lowest BCUT2D eigenvalue weighted by Gasteiger charge is -2.17. The van der Waals surface area contributed by atoms with Crippen LogP contribution in [-0.2, 0) is 4.74 Å². The van der Waals surface area contributed by atoms with Crippen LogP contribution in [0, 0.1) is 10.1 Å². The van der Waals surface area contributed by atoms with Crippen molar-refractivity contribution in [1.82, 2.24) is 9.97 Å². The van der Waals surface area contributed by atoms with Gasteiger partial charge in [0.2, 0.25) is 11.8 Å². The van der Waals surface area contributed by atoms with Gasteiger partial charge in [0.25, 0.3) is 0 Å². The summed E-state index contributed by atoms with van der Waals surface area (Å²) in [6.45, 7) is 0.904. The molecule has 1 aromatic heterocycles. The highest BCUT2D eigenvalue weighted by Crippen LogP contribution is 2.24. The summed E-state index contributed by atoms with van der Waals surface area (Å²) in [5, 5.41) is 10.8. The molecule has 0 unspecified atom stereocenters. The molecule has 0 saturated carbocycles. The molecular formula is C8H14N6O3. The van der Waals surface area contributed by atoms with Gasteiger partial charge in [-0.3, -0.25) is 15.5 Å². The summed E-state index contributed by atoms with van der Waals surface area (Å²) in [5.41, 5.74) is 2.06. The third-order valence-corrected chi connectivity index (χ3v) is 2.07. The molecule has 0 atom stereocenters. The van der Waals surface area contributed by atoms with Crippen LogP contribution in [-0.4, -0.2) is 42.2 Å². The number of hydrogen-bond acceptors (Lipinski definition) is 8. The molecular weight excluding hydrogens is 228 g/mol. The normalized spacial score (nSPS) is 10.1. The van der Waals surface area contributed by atoms with Crippen molar-refractivity contribution in [1.29, 1.82) is 0 Å². The first-order valence-electron chi connectivity index (χ1n) is 4.78. The number of nitro groups is 1. The topological polar surface area (TPSA) is 119 Å². The highest BCUT2D eigenvalue weighted by Gasteiger charge is 2.20. The number of nitrogens with zero attached hydrogens (tertiary/aromatic N) is 4. The number of ether oxygens (including phenoxy) is 1. The van der Waals surface area contributed by atoms with Crippen LogP contribution in [0.15, 0.2) is 6.20 Å². The second kappa shape index (κ2) is 5.92. The third-order valence-electron chi connectivity index (χ3n) is 2.07. The Morgan fingerprint density at radius 2 is 2.41 bits per heavy atom. The number of anilines is 2. The van der Waals surface area contributed by atoms with Gasteiger partial charge in [0, 0.05) is 20.7 Å². The van der Waals surface area contributed by atoms with E-state index in [0.29, 0.717) is 13.2 Å². The number of hydrogen-bond donors (Lipinski definition) is 2. The van der Waals surface area contributed by atoms with Crippen molar-refractivity contribution in [3.8, 4) is 0 Å². The standard InChI is InChI=1S/C8H14N6O3/c1-13(3-4-17-2)7-6(14(15)16)5-10-8(11-7)12-9/h5H,3-4,9H2,1-2H3,(H,10,11,12). The molecule has 0 aliphatic carbocycles. The first-order valence-corrected chi connectivity index (χ1v) is 4.78. The molecule has 17 heavy (non-hydrogen) atoms. The van der Waals surface area contributed by atoms with Crippen molar-refractivity contribution >= 4 is 17.5 Å². The smallest absolute Gasteiger partial charge is 0.329 e. The lowest BCUT2D eigenvalue weighted by molar-refractivity contribution is -0.384. The van der Waals surface area contributed by atoms with E-state index in [9.17, 15) is 10.1 Å². The van der Waals surface area contributed by atoms with Crippen LogP contribution in [0.25, 0.3) is 0 Å². The fraction of sp³-hybridized carbons (Fsp3) is 0.500. The minimum Gasteiger partial charge on any atom is -0.383 e. The summed E-state index contributed by atoms with van der Waals surface area (Å²) in [6, 6.07) is 0. The first-order chi connectivity index (χ1) is 8.10. The molecule has 1 heterocycles. The molecule has 9 nitrogen and oxygen atoms in total. The molecule has 0 aromatic carbocycles. The predicted molar refractivity (Wildman–Crippen MR) is 61.6 cm³/mol. The van der Waals surface area contributed by atoms with Gasteiger partial charge in [0.05, 0.1) is 11.5 Å². The van der Waals surface area contributed by atoms with Crippen LogP contribution in [0.1, 0.15) is 0 Å². The van der Waals surface area contributed by atoms with Crippen molar-refractivity contribution in [3.63, 3.8) is 0 Å². The average molecular weight is 242 g/mol. The molecule has 1 aromatic rings. The summed E-state index contributed by atoms with van der Waals surface area (Å²) < 4.78 is 4.90. The zero-order chi connectivity index (χ0) is 12.8. The van der Waals surface area contributed by atoms with Crippen LogP contribution in [0.3, 0.4) is 0 Å². The predicted octanol–water partition coefficient (Wildman–Crippen LogP) is -0.247. The molecule has 0 fully saturated rings. The molecule has 0 bridgehead atoms. The van der Waals surface area contributed by atoms with Gasteiger partial charge in [-0.05, 0) is 0 Å². The van der Waals surface area contributed by atoms with E-state index in [1.54, 1.807) is 19.1 Å². The van der Waals surface area contributed by atoms with Crippen molar-refractivity contribution in [2.24, 2.45) is 5.84 Å². The molecule has 0 saturated heterocycles. The minimum absolute atomic E-state index is 0.120. The van der Waals surface area contributed by atoms with Gasteiger partial charge in [-0.25, -0.2) is 10.8 Å². The SMILES string of the molecule is COCCN(C)c1nc(NN)ncc1[N+](=O)[O-]. The Kier molecular flexibility index (Phi) is 4.55. The van der Waals surface area contributed by atoms with Crippen LogP contribution < -0.4 is 16.2 Å². The van der Waals surface area contributed by atoms with Crippen LogP contribution in [0.5, 0.6) is 0 Å². The van der Waals surface area contributed by atoms with Crippen molar-refractivity contribution in [2.45, 2.75) is 0 Å². The molecule has 3 N–H and O–H groups in total. The van der Waals surface area contributed by atoms with E-state index in [1.165, 1.54) is 0 Å². The van der Waals surface area contributed by atoms with Gasteiger partial charge in [-0.2, -0.15) is 4.98 Å². The highest BCUT2D eigenvalue weighted by molar-refractivity contribution is 5.58. The number of rotatable bonds is 6. The van der Waals surface area contributed by atoms with Gasteiger partial charge in [0.1, 0.15) is 6.20 Å². The van der Waals surface area contributed by atoms with Crippen LogP contribution in [0.2, 0.25) is 0 Å². The monoisotopic (exact) mass is 242 g/mol. The second-order valence-electron chi connectivity index (χ2n) is 3.22. The first kappa shape index (κ1) is 13.1. The fourth-order valence-corrected chi connectivity index (χ4v) is 1.18. The van der Waals surface area contributed by atoms with Gasteiger partial charge in [0.15, 0.2) is 0 Å². The Balaban J connectivity index is 3.03.